The van der Waals surface area contributed by atoms with Crippen molar-refractivity contribution in [3.63, 3.8) is 0 Å². The van der Waals surface area contributed by atoms with E-state index in [1.807, 2.05) is 0 Å². The second-order valence-corrected chi connectivity index (χ2v) is 6.48. The highest BCUT2D eigenvalue weighted by atomic mass is 19.1. The topological polar surface area (TPSA) is 55.4 Å². The molecule has 0 aliphatic heterocycles. The summed E-state index contributed by atoms with van der Waals surface area (Å²) in [7, 11) is 1.34. The fraction of sp³-hybridized carbons (Fsp3) is 0.500. The van der Waals surface area contributed by atoms with Crippen LogP contribution in [0.3, 0.4) is 0 Å². The number of amides is 1. The Morgan fingerprint density at radius 2 is 1.68 bits per heavy atom. The van der Waals surface area contributed by atoms with Crippen molar-refractivity contribution >= 4 is 11.9 Å². The lowest BCUT2D eigenvalue weighted by molar-refractivity contribution is -0.223. The maximum absolute atomic E-state index is 13.2. The van der Waals surface area contributed by atoms with Gasteiger partial charge in [-0.3, -0.25) is 9.59 Å². The molecule has 0 spiro atoms. The van der Waals surface area contributed by atoms with E-state index in [2.05, 4.69) is 5.32 Å². The van der Waals surface area contributed by atoms with Gasteiger partial charge in [-0.15, -0.1) is 0 Å². The van der Waals surface area contributed by atoms with Gasteiger partial charge in [0.1, 0.15) is 11.6 Å². The minimum atomic E-state index is -0.675. The zero-order valence-corrected chi connectivity index (χ0v) is 12.4. The number of esters is 1. The Morgan fingerprint density at radius 1 is 1.14 bits per heavy atom. The van der Waals surface area contributed by atoms with Crippen LogP contribution in [0.15, 0.2) is 18.2 Å². The first-order chi connectivity index (χ1) is 10.3. The summed E-state index contributed by atoms with van der Waals surface area (Å²) in [6.07, 6.45) is 1.47. The van der Waals surface area contributed by atoms with E-state index in [1.165, 1.54) is 19.2 Å². The molecule has 118 valence electrons. The molecule has 3 aliphatic rings. The summed E-state index contributed by atoms with van der Waals surface area (Å²) in [5.41, 5.74) is -0.630. The number of benzene rings is 1. The Balaban J connectivity index is 1.63. The van der Waals surface area contributed by atoms with Gasteiger partial charge in [0.15, 0.2) is 0 Å². The molecular formula is C16H17F2NO3. The molecule has 0 radical (unpaired) electrons. The number of halogens is 2. The number of methoxy groups -OCH3 is 1. The van der Waals surface area contributed by atoms with Crippen LogP contribution in [0, 0.1) is 22.5 Å². The summed E-state index contributed by atoms with van der Waals surface area (Å²) in [6, 6.07) is 2.69. The van der Waals surface area contributed by atoms with Crippen LogP contribution in [-0.2, 0) is 14.3 Å². The molecule has 1 N–H and O–H groups in total. The van der Waals surface area contributed by atoms with E-state index in [0.29, 0.717) is 24.8 Å². The summed E-state index contributed by atoms with van der Waals surface area (Å²) in [5, 5.41) is 2.78. The zero-order chi connectivity index (χ0) is 16.1. The van der Waals surface area contributed by atoms with Gasteiger partial charge in [-0.2, -0.15) is 0 Å². The van der Waals surface area contributed by atoms with Gasteiger partial charge in [-0.25, -0.2) is 8.78 Å². The largest absolute Gasteiger partial charge is 0.469 e. The van der Waals surface area contributed by atoms with Crippen LogP contribution in [0.25, 0.3) is 0 Å². The van der Waals surface area contributed by atoms with Crippen LogP contribution in [0.4, 0.5) is 8.78 Å². The SMILES string of the molecule is COC(=O)C12CC(C(=O)N[C@@H](C)c3cc(F)cc(F)c3)(C1)C2. The Hall–Kier alpha value is -1.98. The van der Waals surface area contributed by atoms with Gasteiger partial charge in [0.2, 0.25) is 5.91 Å². The normalized spacial score (nSPS) is 29.8. The third-order valence-corrected chi connectivity index (χ3v) is 4.86. The van der Waals surface area contributed by atoms with Gasteiger partial charge in [0, 0.05) is 6.07 Å². The number of carbonyl (C=O) groups excluding carboxylic acids is 2. The smallest absolute Gasteiger partial charge is 0.311 e. The lowest BCUT2D eigenvalue weighted by atomic mass is 9.35. The number of nitrogens with one attached hydrogen (secondary N) is 1. The zero-order valence-electron chi connectivity index (χ0n) is 12.4. The van der Waals surface area contributed by atoms with Gasteiger partial charge in [0.05, 0.1) is 24.0 Å². The van der Waals surface area contributed by atoms with E-state index in [4.69, 9.17) is 4.74 Å². The van der Waals surface area contributed by atoms with E-state index in [-0.39, 0.29) is 11.9 Å². The van der Waals surface area contributed by atoms with Crippen molar-refractivity contribution < 1.29 is 23.1 Å². The molecule has 0 heterocycles. The van der Waals surface area contributed by atoms with Crippen molar-refractivity contribution in [2.24, 2.45) is 10.8 Å². The van der Waals surface area contributed by atoms with Crippen molar-refractivity contribution in [3.8, 4) is 0 Å². The van der Waals surface area contributed by atoms with Crippen LogP contribution in [0.2, 0.25) is 0 Å². The number of hydrogen-bond donors (Lipinski definition) is 1. The van der Waals surface area contributed by atoms with Crippen molar-refractivity contribution in [1.82, 2.24) is 5.32 Å². The van der Waals surface area contributed by atoms with E-state index in [1.54, 1.807) is 6.92 Å². The lowest BCUT2D eigenvalue weighted by Gasteiger charge is -2.67. The van der Waals surface area contributed by atoms with Crippen molar-refractivity contribution in [2.75, 3.05) is 7.11 Å². The van der Waals surface area contributed by atoms with Gasteiger partial charge in [-0.05, 0) is 43.9 Å². The van der Waals surface area contributed by atoms with Crippen LogP contribution < -0.4 is 5.32 Å². The fourth-order valence-electron chi connectivity index (χ4n) is 3.72. The van der Waals surface area contributed by atoms with Crippen molar-refractivity contribution in [3.05, 3.63) is 35.4 Å². The Bertz CT molecular complexity index is 619. The lowest BCUT2D eigenvalue weighted by Crippen LogP contribution is -2.70. The summed E-state index contributed by atoms with van der Waals surface area (Å²) >= 11 is 0. The molecule has 1 aromatic carbocycles. The molecule has 4 nitrogen and oxygen atoms in total. The molecule has 2 bridgehead atoms. The standard InChI is InChI=1S/C16H17F2NO3/c1-9(10-3-11(17)5-12(18)4-10)19-13(20)15-6-16(7-15,8-15)14(21)22-2/h3-5,9H,6-8H2,1-2H3,(H,19,20)/t9-,15?,16?/m0/s1. The van der Waals surface area contributed by atoms with Crippen LogP contribution in [-0.4, -0.2) is 19.0 Å². The maximum Gasteiger partial charge on any atom is 0.311 e. The first-order valence-electron chi connectivity index (χ1n) is 7.16. The molecule has 0 aromatic heterocycles. The molecule has 1 aromatic rings. The highest BCUT2D eigenvalue weighted by Crippen LogP contribution is 2.73. The molecule has 22 heavy (non-hydrogen) atoms. The van der Waals surface area contributed by atoms with Gasteiger partial charge >= 0.3 is 5.97 Å². The number of hydrogen-bond acceptors (Lipinski definition) is 3. The Kier molecular flexibility index (Phi) is 3.23. The predicted octanol–water partition coefficient (Wildman–Crippen LogP) is 2.49. The molecule has 4 rings (SSSR count). The molecule has 3 fully saturated rings. The molecule has 0 saturated heterocycles. The first-order valence-corrected chi connectivity index (χ1v) is 7.16. The quantitative estimate of drug-likeness (QED) is 0.869. The predicted molar refractivity (Wildman–Crippen MR) is 73.6 cm³/mol. The summed E-state index contributed by atoms with van der Waals surface area (Å²) < 4.78 is 31.2. The highest BCUT2D eigenvalue weighted by Gasteiger charge is 2.75. The monoisotopic (exact) mass is 309 g/mol. The van der Waals surface area contributed by atoms with E-state index in [0.717, 1.165) is 6.07 Å². The molecule has 6 heteroatoms. The molecule has 1 amide bonds. The van der Waals surface area contributed by atoms with Crippen molar-refractivity contribution in [2.45, 2.75) is 32.2 Å². The summed E-state index contributed by atoms with van der Waals surface area (Å²) in [6.45, 7) is 1.67. The number of rotatable bonds is 4. The van der Waals surface area contributed by atoms with E-state index in [9.17, 15) is 18.4 Å². The van der Waals surface area contributed by atoms with Crippen molar-refractivity contribution in [1.29, 1.82) is 0 Å². The van der Waals surface area contributed by atoms with Crippen LogP contribution in [0.1, 0.15) is 37.8 Å². The molecule has 0 unspecified atom stereocenters. The van der Waals surface area contributed by atoms with Crippen LogP contribution >= 0.6 is 0 Å². The second-order valence-electron chi connectivity index (χ2n) is 6.48. The molecule has 3 aliphatic carbocycles. The fourth-order valence-corrected chi connectivity index (χ4v) is 3.72. The number of ether oxygens (including phenoxy) is 1. The first kappa shape index (κ1) is 14.9. The summed E-state index contributed by atoms with van der Waals surface area (Å²) in [5.74, 6) is -1.78. The number of carbonyl (C=O) groups is 2. The van der Waals surface area contributed by atoms with E-state index >= 15 is 0 Å². The highest BCUT2D eigenvalue weighted by molar-refractivity contribution is 5.93. The second kappa shape index (κ2) is 4.76. The minimum absolute atomic E-state index is 0.171. The maximum atomic E-state index is 13.2. The average molecular weight is 309 g/mol. The summed E-state index contributed by atoms with van der Waals surface area (Å²) in [4.78, 5) is 23.9. The Labute approximate surface area is 126 Å². The molecule has 3 saturated carbocycles. The van der Waals surface area contributed by atoms with Crippen LogP contribution in [0.5, 0.6) is 0 Å². The van der Waals surface area contributed by atoms with Gasteiger partial charge < -0.3 is 10.1 Å². The molecule has 1 atom stereocenters. The van der Waals surface area contributed by atoms with Gasteiger partial charge in [-0.1, -0.05) is 0 Å². The minimum Gasteiger partial charge on any atom is -0.469 e. The van der Waals surface area contributed by atoms with E-state index < -0.39 is 28.5 Å². The molecular weight excluding hydrogens is 292 g/mol. The van der Waals surface area contributed by atoms with Gasteiger partial charge in [0.25, 0.3) is 0 Å². The Morgan fingerprint density at radius 3 is 2.18 bits per heavy atom. The third kappa shape index (κ3) is 2.09. The average Bonchev–Trinajstić information content (AvgIpc) is 2.33. The third-order valence-electron chi connectivity index (χ3n) is 4.86.